The molecule has 112 valence electrons. The van der Waals surface area contributed by atoms with Gasteiger partial charge in [0.15, 0.2) is 9.84 Å². The molecule has 1 aromatic carbocycles. The van der Waals surface area contributed by atoms with Crippen LogP contribution in [0.5, 0.6) is 0 Å². The van der Waals surface area contributed by atoms with Gasteiger partial charge < -0.3 is 0 Å². The van der Waals surface area contributed by atoms with Gasteiger partial charge in [-0.25, -0.2) is 18.4 Å². The van der Waals surface area contributed by atoms with Crippen LogP contribution in [0.1, 0.15) is 5.56 Å². The summed E-state index contributed by atoms with van der Waals surface area (Å²) in [6.45, 7) is 0. The van der Waals surface area contributed by atoms with Crippen LogP contribution in [0.3, 0.4) is 0 Å². The lowest BCUT2D eigenvalue weighted by Gasteiger charge is -2.17. The highest BCUT2D eigenvalue weighted by atomic mass is 79.9. The molecule has 9 heteroatoms. The summed E-state index contributed by atoms with van der Waals surface area (Å²) in [4.78, 5) is 6.67. The van der Waals surface area contributed by atoms with Gasteiger partial charge in [-0.3, -0.25) is 0 Å². The SMILES string of the molecule is CS(=O)(=O)c1c(-c2ccncn2)ccc(Br)c1C(F)(F)F. The minimum atomic E-state index is -4.82. The lowest BCUT2D eigenvalue weighted by molar-refractivity contribution is -0.140. The molecule has 0 unspecified atom stereocenters. The molecule has 0 saturated heterocycles. The van der Waals surface area contributed by atoms with Crippen molar-refractivity contribution in [3.63, 3.8) is 0 Å². The number of rotatable bonds is 2. The van der Waals surface area contributed by atoms with E-state index in [0.29, 0.717) is 0 Å². The molecule has 4 nitrogen and oxygen atoms in total. The first-order chi connectivity index (χ1) is 9.62. The van der Waals surface area contributed by atoms with Gasteiger partial charge in [-0.2, -0.15) is 13.2 Å². The third kappa shape index (κ3) is 3.24. The molecule has 0 bridgehead atoms. The predicted molar refractivity (Wildman–Crippen MR) is 73.3 cm³/mol. The molecule has 0 radical (unpaired) electrons. The third-order valence-electron chi connectivity index (χ3n) is 2.62. The zero-order chi connectivity index (χ0) is 15.8. The largest absolute Gasteiger partial charge is 0.418 e. The Morgan fingerprint density at radius 3 is 2.33 bits per heavy atom. The fourth-order valence-electron chi connectivity index (χ4n) is 1.86. The molecule has 0 fully saturated rings. The van der Waals surface area contributed by atoms with Crippen LogP contribution in [0.15, 0.2) is 40.1 Å². The maximum absolute atomic E-state index is 13.2. The maximum Gasteiger partial charge on any atom is 0.418 e. The number of benzene rings is 1. The molecule has 2 aromatic rings. The van der Waals surface area contributed by atoms with Crippen molar-refractivity contribution in [2.45, 2.75) is 11.1 Å². The smallest absolute Gasteiger partial charge is 0.245 e. The summed E-state index contributed by atoms with van der Waals surface area (Å²) in [6, 6.07) is 3.77. The van der Waals surface area contributed by atoms with Gasteiger partial charge in [-0.1, -0.05) is 22.0 Å². The number of sulfone groups is 1. The Bertz CT molecular complexity index is 777. The van der Waals surface area contributed by atoms with E-state index in [1.165, 1.54) is 18.3 Å². The summed E-state index contributed by atoms with van der Waals surface area (Å²) in [5.41, 5.74) is -1.25. The fraction of sp³-hybridized carbons (Fsp3) is 0.167. The number of aromatic nitrogens is 2. The normalized spacial score (nSPS) is 12.4. The topological polar surface area (TPSA) is 59.9 Å². The van der Waals surface area contributed by atoms with Crippen molar-refractivity contribution in [1.29, 1.82) is 0 Å². The van der Waals surface area contributed by atoms with E-state index < -0.39 is 26.5 Å². The molecule has 0 atom stereocenters. The quantitative estimate of drug-likeness (QED) is 0.801. The van der Waals surface area contributed by atoms with Crippen molar-refractivity contribution in [2.24, 2.45) is 0 Å². The van der Waals surface area contributed by atoms with E-state index in [2.05, 4.69) is 25.9 Å². The molecule has 0 N–H and O–H groups in total. The molecule has 21 heavy (non-hydrogen) atoms. The monoisotopic (exact) mass is 380 g/mol. The van der Waals surface area contributed by atoms with Crippen LogP contribution in [0.25, 0.3) is 11.3 Å². The van der Waals surface area contributed by atoms with Crippen molar-refractivity contribution >= 4 is 25.8 Å². The molecule has 0 saturated carbocycles. The van der Waals surface area contributed by atoms with Gasteiger partial charge in [0.1, 0.15) is 6.33 Å². The standard InChI is InChI=1S/C12H8BrF3N2O2S/c1-21(19,20)11-7(9-4-5-17-6-18-9)2-3-8(13)10(11)12(14,15)16/h2-6H,1H3. The van der Waals surface area contributed by atoms with Gasteiger partial charge in [0.2, 0.25) is 0 Å². The summed E-state index contributed by atoms with van der Waals surface area (Å²) in [6.07, 6.45) is -1.63. The van der Waals surface area contributed by atoms with Crippen LogP contribution in [0.4, 0.5) is 13.2 Å². The Hall–Kier alpha value is -1.48. The van der Waals surface area contributed by atoms with Crippen LogP contribution in [0.2, 0.25) is 0 Å². The minimum absolute atomic E-state index is 0.100. The Morgan fingerprint density at radius 2 is 1.86 bits per heavy atom. The van der Waals surface area contributed by atoms with E-state index in [9.17, 15) is 21.6 Å². The number of hydrogen-bond donors (Lipinski definition) is 0. The van der Waals surface area contributed by atoms with Crippen LogP contribution < -0.4 is 0 Å². The zero-order valence-corrected chi connectivity index (χ0v) is 12.9. The molecule has 0 amide bonds. The average molecular weight is 381 g/mol. The summed E-state index contributed by atoms with van der Waals surface area (Å²) in [5, 5.41) is 0. The fourth-order valence-corrected chi connectivity index (χ4v) is 3.71. The van der Waals surface area contributed by atoms with E-state index in [1.807, 2.05) is 0 Å². The molecule has 0 spiro atoms. The second kappa shape index (κ2) is 5.38. The van der Waals surface area contributed by atoms with Crippen molar-refractivity contribution < 1.29 is 21.6 Å². The van der Waals surface area contributed by atoms with Crippen molar-refractivity contribution in [2.75, 3.05) is 6.26 Å². The zero-order valence-electron chi connectivity index (χ0n) is 10.5. The Morgan fingerprint density at radius 1 is 1.19 bits per heavy atom. The minimum Gasteiger partial charge on any atom is -0.245 e. The second-order valence-electron chi connectivity index (χ2n) is 4.16. The van der Waals surface area contributed by atoms with Gasteiger partial charge in [0, 0.05) is 22.5 Å². The number of hydrogen-bond acceptors (Lipinski definition) is 4. The maximum atomic E-state index is 13.2. The van der Waals surface area contributed by atoms with E-state index >= 15 is 0 Å². The number of nitrogens with zero attached hydrogens (tertiary/aromatic N) is 2. The number of halogens is 4. The van der Waals surface area contributed by atoms with Crippen LogP contribution in [-0.2, 0) is 16.0 Å². The lowest BCUT2D eigenvalue weighted by Crippen LogP contribution is -2.15. The molecule has 2 rings (SSSR count). The van der Waals surface area contributed by atoms with Crippen LogP contribution in [-0.4, -0.2) is 24.6 Å². The molecule has 1 heterocycles. The van der Waals surface area contributed by atoms with E-state index in [-0.39, 0.29) is 15.7 Å². The molecule has 1 aromatic heterocycles. The highest BCUT2D eigenvalue weighted by Gasteiger charge is 2.40. The van der Waals surface area contributed by atoms with Gasteiger partial charge in [-0.05, 0) is 12.1 Å². The van der Waals surface area contributed by atoms with Gasteiger partial charge in [0.05, 0.1) is 16.2 Å². The molecule has 0 aliphatic rings. The predicted octanol–water partition coefficient (Wildman–Crippen LogP) is 3.33. The summed E-state index contributed by atoms with van der Waals surface area (Å²) in [5.74, 6) is 0. The molecule has 0 aliphatic carbocycles. The summed E-state index contributed by atoms with van der Waals surface area (Å²) >= 11 is 2.76. The van der Waals surface area contributed by atoms with E-state index in [4.69, 9.17) is 0 Å². The highest BCUT2D eigenvalue weighted by molar-refractivity contribution is 9.10. The van der Waals surface area contributed by atoms with Gasteiger partial charge in [-0.15, -0.1) is 0 Å². The van der Waals surface area contributed by atoms with Crippen molar-refractivity contribution in [3.8, 4) is 11.3 Å². The van der Waals surface area contributed by atoms with Gasteiger partial charge >= 0.3 is 6.18 Å². The Labute approximate surface area is 127 Å². The Kier molecular flexibility index (Phi) is 4.07. The van der Waals surface area contributed by atoms with Crippen molar-refractivity contribution in [1.82, 2.24) is 9.97 Å². The first-order valence-electron chi connectivity index (χ1n) is 5.48. The van der Waals surface area contributed by atoms with E-state index in [0.717, 1.165) is 18.6 Å². The van der Waals surface area contributed by atoms with Gasteiger partial charge in [0.25, 0.3) is 0 Å². The van der Waals surface area contributed by atoms with Crippen molar-refractivity contribution in [3.05, 3.63) is 40.8 Å². The Balaban J connectivity index is 2.92. The summed E-state index contributed by atoms with van der Waals surface area (Å²) in [7, 11) is -4.13. The number of alkyl halides is 3. The van der Waals surface area contributed by atoms with Crippen LogP contribution >= 0.6 is 15.9 Å². The third-order valence-corrected chi connectivity index (χ3v) is 4.45. The lowest BCUT2D eigenvalue weighted by atomic mass is 10.1. The first-order valence-corrected chi connectivity index (χ1v) is 8.17. The molecule has 0 aliphatic heterocycles. The molecular weight excluding hydrogens is 373 g/mol. The summed E-state index contributed by atoms with van der Waals surface area (Å²) < 4.78 is 63.0. The highest BCUT2D eigenvalue weighted by Crippen LogP contribution is 2.43. The van der Waals surface area contributed by atoms with E-state index in [1.54, 1.807) is 0 Å². The average Bonchev–Trinajstić information content (AvgIpc) is 2.37. The second-order valence-corrected chi connectivity index (χ2v) is 6.97. The first kappa shape index (κ1) is 15.9. The molecular formula is C12H8BrF3N2O2S. The van der Waals surface area contributed by atoms with Crippen LogP contribution in [0, 0.1) is 0 Å².